The first-order valence-corrected chi connectivity index (χ1v) is 4.68. The summed E-state index contributed by atoms with van der Waals surface area (Å²) in [5.74, 6) is -0.348. The monoisotopic (exact) mass is 233 g/mol. The number of hydrogen-bond acceptors (Lipinski definition) is 3. The van der Waals surface area contributed by atoms with Crippen molar-refractivity contribution in [3.63, 3.8) is 0 Å². The second-order valence-corrected chi connectivity index (χ2v) is 3.53. The molecule has 1 aromatic rings. The lowest BCUT2D eigenvalue weighted by Crippen LogP contribution is -2.07. The van der Waals surface area contributed by atoms with Crippen molar-refractivity contribution in [1.82, 2.24) is 4.98 Å². The molecule has 0 aromatic carbocycles. The number of rotatable bonds is 2. The zero-order valence-corrected chi connectivity index (χ0v) is 9.32. The number of carbonyl (C=O) groups is 1. The van der Waals surface area contributed by atoms with Crippen molar-refractivity contribution in [2.75, 3.05) is 7.11 Å². The second kappa shape index (κ2) is 4.62. The summed E-state index contributed by atoms with van der Waals surface area (Å²) in [6.07, 6.45) is 0.116. The van der Waals surface area contributed by atoms with E-state index in [0.717, 1.165) is 5.56 Å². The van der Waals surface area contributed by atoms with Crippen LogP contribution in [-0.4, -0.2) is 18.1 Å². The number of ether oxygens (including phenoxy) is 1. The highest BCUT2D eigenvalue weighted by Crippen LogP contribution is 2.21. The molecule has 0 spiro atoms. The molecule has 76 valence electrons. The van der Waals surface area contributed by atoms with Crippen molar-refractivity contribution in [2.24, 2.45) is 0 Å². The van der Waals surface area contributed by atoms with Crippen LogP contribution in [0.25, 0.3) is 0 Å². The Morgan fingerprint density at radius 2 is 2.21 bits per heavy atom. The molecular weight excluding hydrogens is 225 g/mol. The predicted molar refractivity (Wildman–Crippen MR) is 54.7 cm³/mol. The summed E-state index contributed by atoms with van der Waals surface area (Å²) in [6, 6.07) is 1.66. The zero-order valence-electron chi connectivity index (χ0n) is 7.80. The van der Waals surface area contributed by atoms with Gasteiger partial charge < -0.3 is 4.74 Å². The quantitative estimate of drug-likeness (QED) is 0.582. The Morgan fingerprint density at radius 1 is 1.57 bits per heavy atom. The molecule has 0 fully saturated rings. The topological polar surface area (TPSA) is 39.2 Å². The Morgan fingerprint density at radius 3 is 2.71 bits per heavy atom. The average molecular weight is 234 g/mol. The minimum atomic E-state index is -0.348. The Hall–Kier alpha value is -0.800. The normalized spacial score (nSPS) is 10.0. The van der Waals surface area contributed by atoms with Gasteiger partial charge in [-0.15, -0.1) is 0 Å². The van der Waals surface area contributed by atoms with E-state index in [-0.39, 0.29) is 17.5 Å². The summed E-state index contributed by atoms with van der Waals surface area (Å²) >= 11 is 11.5. The Kier molecular flexibility index (Phi) is 3.72. The van der Waals surface area contributed by atoms with Gasteiger partial charge in [0.2, 0.25) is 0 Å². The molecule has 0 aliphatic carbocycles. The van der Waals surface area contributed by atoms with E-state index < -0.39 is 0 Å². The molecule has 1 rings (SSSR count). The second-order valence-electron chi connectivity index (χ2n) is 2.78. The van der Waals surface area contributed by atoms with Gasteiger partial charge in [-0.2, -0.15) is 0 Å². The van der Waals surface area contributed by atoms with Crippen LogP contribution in [0.2, 0.25) is 10.3 Å². The van der Waals surface area contributed by atoms with Gasteiger partial charge in [-0.05, 0) is 18.6 Å². The van der Waals surface area contributed by atoms with E-state index in [1.165, 1.54) is 7.11 Å². The van der Waals surface area contributed by atoms with Crippen LogP contribution in [0.5, 0.6) is 0 Å². The number of methoxy groups -OCH3 is 1. The highest BCUT2D eigenvalue weighted by atomic mass is 35.5. The summed E-state index contributed by atoms with van der Waals surface area (Å²) in [5, 5.41) is 0.571. The molecule has 0 atom stereocenters. The number of aromatic nitrogens is 1. The van der Waals surface area contributed by atoms with Gasteiger partial charge >= 0.3 is 5.97 Å². The fourth-order valence-electron chi connectivity index (χ4n) is 1.05. The summed E-state index contributed by atoms with van der Waals surface area (Å²) in [7, 11) is 1.33. The Bertz CT molecular complexity index is 343. The van der Waals surface area contributed by atoms with E-state index >= 15 is 0 Å². The molecule has 0 N–H and O–H groups in total. The van der Waals surface area contributed by atoms with E-state index in [1.807, 2.05) is 6.92 Å². The molecule has 0 bridgehead atoms. The lowest BCUT2D eigenvalue weighted by Gasteiger charge is -2.06. The van der Waals surface area contributed by atoms with E-state index in [1.54, 1.807) is 6.07 Å². The number of pyridine rings is 1. The van der Waals surface area contributed by atoms with Crippen molar-refractivity contribution in [3.05, 3.63) is 27.5 Å². The maximum Gasteiger partial charge on any atom is 0.310 e. The van der Waals surface area contributed by atoms with E-state index in [9.17, 15) is 4.79 Å². The van der Waals surface area contributed by atoms with Crippen LogP contribution in [0.3, 0.4) is 0 Å². The van der Waals surface area contributed by atoms with Gasteiger partial charge in [0.1, 0.15) is 10.3 Å². The number of aryl methyl sites for hydroxylation is 1. The minimum Gasteiger partial charge on any atom is -0.469 e. The van der Waals surface area contributed by atoms with Crippen molar-refractivity contribution in [1.29, 1.82) is 0 Å². The Labute approximate surface area is 92.0 Å². The smallest absolute Gasteiger partial charge is 0.310 e. The van der Waals surface area contributed by atoms with Crippen LogP contribution in [0.4, 0.5) is 0 Å². The van der Waals surface area contributed by atoms with Crippen LogP contribution in [0.15, 0.2) is 6.07 Å². The average Bonchev–Trinajstić information content (AvgIpc) is 2.10. The molecule has 1 heterocycles. The largest absolute Gasteiger partial charge is 0.469 e. The first kappa shape index (κ1) is 11.3. The molecule has 14 heavy (non-hydrogen) atoms. The van der Waals surface area contributed by atoms with Crippen molar-refractivity contribution < 1.29 is 9.53 Å². The molecule has 0 radical (unpaired) electrons. The third kappa shape index (κ3) is 2.59. The first-order chi connectivity index (χ1) is 6.54. The summed E-state index contributed by atoms with van der Waals surface area (Å²) in [5.41, 5.74) is 1.49. The summed E-state index contributed by atoms with van der Waals surface area (Å²) < 4.78 is 4.54. The van der Waals surface area contributed by atoms with E-state index in [4.69, 9.17) is 23.2 Å². The molecule has 3 nitrogen and oxygen atoms in total. The van der Waals surface area contributed by atoms with Gasteiger partial charge in [0.15, 0.2) is 0 Å². The highest BCUT2D eigenvalue weighted by Gasteiger charge is 2.11. The molecule has 0 aliphatic heterocycles. The van der Waals surface area contributed by atoms with Crippen molar-refractivity contribution in [3.8, 4) is 0 Å². The molecule has 0 saturated heterocycles. The minimum absolute atomic E-state index is 0.116. The number of hydrogen-bond donors (Lipinski definition) is 0. The molecule has 0 saturated carbocycles. The SMILES string of the molecule is COC(=O)Cc1c(C)cc(Cl)nc1Cl. The van der Waals surface area contributed by atoms with Crippen LogP contribution in [-0.2, 0) is 16.0 Å². The lowest BCUT2D eigenvalue weighted by molar-refractivity contribution is -0.139. The zero-order chi connectivity index (χ0) is 10.7. The van der Waals surface area contributed by atoms with Gasteiger partial charge in [-0.3, -0.25) is 4.79 Å². The third-order valence-corrected chi connectivity index (χ3v) is 2.32. The standard InChI is InChI=1S/C9H9Cl2NO2/c1-5-3-7(10)12-9(11)6(5)4-8(13)14-2/h3H,4H2,1-2H3. The fourth-order valence-corrected chi connectivity index (χ4v) is 1.65. The van der Waals surface area contributed by atoms with Gasteiger partial charge in [0.05, 0.1) is 13.5 Å². The van der Waals surface area contributed by atoms with Crippen LogP contribution >= 0.6 is 23.2 Å². The number of carbonyl (C=O) groups excluding carboxylic acids is 1. The van der Waals surface area contributed by atoms with Gasteiger partial charge in [0, 0.05) is 5.56 Å². The van der Waals surface area contributed by atoms with Crippen LogP contribution in [0.1, 0.15) is 11.1 Å². The maximum absolute atomic E-state index is 11.0. The first-order valence-electron chi connectivity index (χ1n) is 3.93. The van der Waals surface area contributed by atoms with E-state index in [2.05, 4.69) is 9.72 Å². The molecular formula is C9H9Cl2NO2. The van der Waals surface area contributed by atoms with Crippen LogP contribution in [0, 0.1) is 6.92 Å². The third-order valence-electron chi connectivity index (χ3n) is 1.81. The van der Waals surface area contributed by atoms with Crippen molar-refractivity contribution in [2.45, 2.75) is 13.3 Å². The van der Waals surface area contributed by atoms with Gasteiger partial charge in [-0.1, -0.05) is 23.2 Å². The lowest BCUT2D eigenvalue weighted by atomic mass is 10.1. The molecule has 1 aromatic heterocycles. The van der Waals surface area contributed by atoms with Crippen molar-refractivity contribution >= 4 is 29.2 Å². The van der Waals surface area contributed by atoms with Gasteiger partial charge in [-0.25, -0.2) is 4.98 Å². The maximum atomic E-state index is 11.0. The van der Waals surface area contributed by atoms with Gasteiger partial charge in [0.25, 0.3) is 0 Å². The Balaban J connectivity index is 3.02. The fraction of sp³-hybridized carbons (Fsp3) is 0.333. The molecule has 5 heteroatoms. The summed E-state index contributed by atoms with van der Waals surface area (Å²) in [4.78, 5) is 14.9. The van der Waals surface area contributed by atoms with E-state index in [0.29, 0.717) is 10.7 Å². The number of esters is 1. The predicted octanol–water partition coefficient (Wildman–Crippen LogP) is 2.41. The van der Waals surface area contributed by atoms with Crippen LogP contribution < -0.4 is 0 Å². The summed E-state index contributed by atoms with van der Waals surface area (Å²) in [6.45, 7) is 1.82. The molecule has 0 aliphatic rings. The molecule has 0 amide bonds. The molecule has 0 unspecified atom stereocenters. The number of nitrogens with zero attached hydrogens (tertiary/aromatic N) is 1. The highest BCUT2D eigenvalue weighted by molar-refractivity contribution is 6.33. The number of halogens is 2.